The minimum absolute atomic E-state index is 0.311. The van der Waals surface area contributed by atoms with Crippen LogP contribution >= 0.6 is 23.6 Å². The Bertz CT molecular complexity index is 1030. The molecule has 0 atom stereocenters. The van der Waals surface area contributed by atoms with Gasteiger partial charge in [0.2, 0.25) is 0 Å². The molecule has 0 spiro atoms. The maximum Gasteiger partial charge on any atom is 0.341 e. The van der Waals surface area contributed by atoms with Gasteiger partial charge < -0.3 is 20.1 Å². The van der Waals surface area contributed by atoms with Crippen LogP contribution in [0.3, 0.4) is 0 Å². The molecule has 0 aliphatic rings. The fraction of sp³-hybridized carbons (Fsp3) is 0.250. The number of thiocarbonyl (C=S) groups is 1. The van der Waals surface area contributed by atoms with E-state index in [9.17, 15) is 4.79 Å². The Balaban J connectivity index is 1.72. The Morgan fingerprint density at radius 3 is 2.45 bits per heavy atom. The van der Waals surface area contributed by atoms with Crippen molar-refractivity contribution in [3.05, 3.63) is 70.6 Å². The van der Waals surface area contributed by atoms with Crippen molar-refractivity contribution in [1.29, 1.82) is 0 Å². The van der Waals surface area contributed by atoms with Gasteiger partial charge in [-0.25, -0.2) is 4.79 Å². The van der Waals surface area contributed by atoms with E-state index in [1.165, 1.54) is 16.9 Å². The van der Waals surface area contributed by atoms with Crippen LogP contribution in [0.2, 0.25) is 0 Å². The molecule has 0 radical (unpaired) electrons. The minimum atomic E-state index is -0.353. The zero-order valence-corrected chi connectivity index (χ0v) is 19.5. The summed E-state index contributed by atoms with van der Waals surface area (Å²) in [5, 5.41) is 7.59. The van der Waals surface area contributed by atoms with Crippen LogP contribution in [0.4, 0.5) is 5.00 Å². The molecule has 2 aromatic carbocycles. The summed E-state index contributed by atoms with van der Waals surface area (Å²) in [6.45, 7) is 4.79. The molecule has 0 saturated heterocycles. The maximum absolute atomic E-state index is 12.8. The molecule has 1 heterocycles. The summed E-state index contributed by atoms with van der Waals surface area (Å²) in [5.74, 6) is 0.483. The highest BCUT2D eigenvalue weighted by atomic mass is 32.1. The molecule has 0 aliphatic heterocycles. The van der Waals surface area contributed by atoms with E-state index in [0.717, 1.165) is 28.2 Å². The van der Waals surface area contributed by atoms with E-state index < -0.39 is 0 Å². The molecular weight excluding hydrogens is 428 g/mol. The number of nitrogens with one attached hydrogen (secondary N) is 2. The van der Waals surface area contributed by atoms with Gasteiger partial charge in [-0.2, -0.15) is 0 Å². The van der Waals surface area contributed by atoms with Gasteiger partial charge in [0.1, 0.15) is 16.3 Å². The van der Waals surface area contributed by atoms with Crippen LogP contribution < -0.4 is 15.4 Å². The van der Waals surface area contributed by atoms with E-state index in [4.69, 9.17) is 21.7 Å². The van der Waals surface area contributed by atoms with Gasteiger partial charge >= 0.3 is 5.97 Å². The molecule has 2 N–H and O–H groups in total. The predicted molar refractivity (Wildman–Crippen MR) is 131 cm³/mol. The summed E-state index contributed by atoms with van der Waals surface area (Å²) >= 11 is 6.98. The number of ether oxygens (including phenoxy) is 2. The Morgan fingerprint density at radius 1 is 1.10 bits per heavy atom. The van der Waals surface area contributed by atoms with Crippen molar-refractivity contribution in [3.63, 3.8) is 0 Å². The molecule has 5 nitrogen and oxygen atoms in total. The van der Waals surface area contributed by atoms with E-state index in [-0.39, 0.29) is 5.97 Å². The van der Waals surface area contributed by atoms with Crippen molar-refractivity contribution in [2.45, 2.75) is 20.3 Å². The predicted octanol–water partition coefficient (Wildman–Crippen LogP) is 5.44. The van der Waals surface area contributed by atoms with Crippen LogP contribution in [-0.4, -0.2) is 31.3 Å². The normalized spacial score (nSPS) is 10.4. The summed E-state index contributed by atoms with van der Waals surface area (Å²) in [5.41, 5.74) is 3.56. The van der Waals surface area contributed by atoms with Crippen LogP contribution in [0.1, 0.15) is 27.7 Å². The van der Waals surface area contributed by atoms with Gasteiger partial charge in [-0.1, -0.05) is 42.5 Å². The second kappa shape index (κ2) is 10.9. The molecule has 0 aliphatic carbocycles. The van der Waals surface area contributed by atoms with Crippen LogP contribution in [0.25, 0.3) is 11.1 Å². The molecule has 1 aromatic heterocycles. The zero-order chi connectivity index (χ0) is 22.2. The lowest BCUT2D eigenvalue weighted by Crippen LogP contribution is -2.30. The second-order valence-electron chi connectivity index (χ2n) is 6.80. The SMILES string of the molecule is CCOC(=O)c1c(NC(=S)NCCc2ccc(OC)cc2)sc(C)c1-c1ccccc1. The third-order valence-corrected chi connectivity index (χ3v) is 5.98. The highest BCUT2D eigenvalue weighted by Crippen LogP contribution is 2.40. The third-order valence-electron chi connectivity index (χ3n) is 4.71. The lowest BCUT2D eigenvalue weighted by molar-refractivity contribution is 0.0529. The lowest BCUT2D eigenvalue weighted by atomic mass is 10.0. The van der Waals surface area contributed by atoms with Crippen molar-refractivity contribution in [2.75, 3.05) is 25.6 Å². The number of carbonyl (C=O) groups is 1. The lowest BCUT2D eigenvalue weighted by Gasteiger charge is -2.12. The summed E-state index contributed by atoms with van der Waals surface area (Å²) in [7, 11) is 1.65. The Morgan fingerprint density at radius 2 is 1.81 bits per heavy atom. The van der Waals surface area contributed by atoms with Gasteiger partial charge in [0.05, 0.1) is 13.7 Å². The van der Waals surface area contributed by atoms with Crippen LogP contribution in [0.5, 0.6) is 5.75 Å². The molecule has 0 saturated carbocycles. The van der Waals surface area contributed by atoms with E-state index in [1.807, 2.05) is 61.5 Å². The van der Waals surface area contributed by atoms with Crippen molar-refractivity contribution >= 4 is 39.6 Å². The van der Waals surface area contributed by atoms with Crippen LogP contribution in [0, 0.1) is 6.92 Å². The number of benzene rings is 2. The van der Waals surface area contributed by atoms with E-state index >= 15 is 0 Å². The number of esters is 1. The van der Waals surface area contributed by atoms with Gasteiger partial charge in [-0.3, -0.25) is 0 Å². The first-order valence-corrected chi connectivity index (χ1v) is 11.3. The number of thiophene rings is 1. The summed E-state index contributed by atoms with van der Waals surface area (Å²) in [4.78, 5) is 13.8. The molecule has 162 valence electrons. The smallest absolute Gasteiger partial charge is 0.341 e. The average Bonchev–Trinajstić information content (AvgIpc) is 3.10. The highest BCUT2D eigenvalue weighted by molar-refractivity contribution is 7.80. The second-order valence-corrected chi connectivity index (χ2v) is 8.44. The summed E-state index contributed by atoms with van der Waals surface area (Å²) in [6.07, 6.45) is 0.815. The average molecular weight is 455 g/mol. The standard InChI is InChI=1S/C24H26N2O3S2/c1-4-29-23(27)21-20(18-8-6-5-7-9-18)16(2)31-22(21)26-24(30)25-15-14-17-10-12-19(28-3)13-11-17/h5-13H,4,14-15H2,1-3H3,(H2,25,26,30). The number of hydrogen-bond acceptors (Lipinski definition) is 5. The maximum atomic E-state index is 12.8. The molecule has 0 fully saturated rings. The quantitative estimate of drug-likeness (QED) is 0.349. The van der Waals surface area contributed by atoms with Crippen molar-refractivity contribution in [1.82, 2.24) is 5.32 Å². The molecule has 3 aromatic rings. The number of anilines is 1. The summed E-state index contributed by atoms with van der Waals surface area (Å²) in [6, 6.07) is 17.8. The van der Waals surface area contributed by atoms with Gasteiger partial charge in [0, 0.05) is 17.0 Å². The van der Waals surface area contributed by atoms with E-state index in [0.29, 0.717) is 28.8 Å². The molecule has 31 heavy (non-hydrogen) atoms. The molecular formula is C24H26N2O3S2. The topological polar surface area (TPSA) is 59.6 Å². The van der Waals surface area contributed by atoms with Gasteiger partial charge in [0.25, 0.3) is 0 Å². The first-order valence-electron chi connectivity index (χ1n) is 10.1. The number of hydrogen-bond donors (Lipinski definition) is 2. The Labute approximate surface area is 192 Å². The number of rotatable bonds is 8. The van der Waals surface area contributed by atoms with Crippen molar-refractivity contribution in [2.24, 2.45) is 0 Å². The first-order chi connectivity index (χ1) is 15.0. The van der Waals surface area contributed by atoms with Crippen LogP contribution in [0.15, 0.2) is 54.6 Å². The fourth-order valence-electron chi connectivity index (χ4n) is 3.24. The highest BCUT2D eigenvalue weighted by Gasteiger charge is 2.24. The molecule has 3 rings (SSSR count). The summed E-state index contributed by atoms with van der Waals surface area (Å²) < 4.78 is 10.5. The number of methoxy groups -OCH3 is 1. The van der Waals surface area contributed by atoms with Crippen molar-refractivity contribution in [3.8, 4) is 16.9 Å². The van der Waals surface area contributed by atoms with Crippen LogP contribution in [-0.2, 0) is 11.2 Å². The number of aryl methyl sites for hydroxylation is 1. The zero-order valence-electron chi connectivity index (χ0n) is 17.9. The van der Waals surface area contributed by atoms with Crippen molar-refractivity contribution < 1.29 is 14.3 Å². The molecule has 0 amide bonds. The van der Waals surface area contributed by atoms with Gasteiger partial charge in [0.15, 0.2) is 5.11 Å². The van der Waals surface area contributed by atoms with E-state index in [2.05, 4.69) is 10.6 Å². The largest absolute Gasteiger partial charge is 0.497 e. The Hall–Kier alpha value is -2.90. The van der Waals surface area contributed by atoms with Gasteiger partial charge in [-0.15, -0.1) is 11.3 Å². The van der Waals surface area contributed by atoms with Gasteiger partial charge in [-0.05, 0) is 55.7 Å². The fourth-order valence-corrected chi connectivity index (χ4v) is 4.58. The molecule has 7 heteroatoms. The van der Waals surface area contributed by atoms with E-state index in [1.54, 1.807) is 14.0 Å². The minimum Gasteiger partial charge on any atom is -0.497 e. The Kier molecular flexibility index (Phi) is 8.03. The third kappa shape index (κ3) is 5.83. The molecule has 0 bridgehead atoms. The number of carbonyl (C=O) groups excluding carboxylic acids is 1. The first kappa shape index (κ1) is 22.8. The monoisotopic (exact) mass is 454 g/mol. The molecule has 0 unspecified atom stereocenters.